The fourth-order valence-electron chi connectivity index (χ4n) is 3.28. The van der Waals surface area contributed by atoms with Gasteiger partial charge < -0.3 is 4.74 Å². The van der Waals surface area contributed by atoms with E-state index >= 15 is 0 Å². The zero-order chi connectivity index (χ0) is 13.8. The molecule has 0 N–H and O–H groups in total. The van der Waals surface area contributed by atoms with Crippen LogP contribution in [0.2, 0.25) is 0 Å². The maximum Gasteiger partial charge on any atom is 0.0594 e. The highest BCUT2D eigenvalue weighted by atomic mass is 79.9. The predicted octanol–water partition coefficient (Wildman–Crippen LogP) is 2.75. The summed E-state index contributed by atoms with van der Waals surface area (Å²) in [5, 5.41) is 0. The zero-order valence-corrected chi connectivity index (χ0v) is 13.5. The van der Waals surface area contributed by atoms with Crippen molar-refractivity contribution in [3.8, 4) is 0 Å². The van der Waals surface area contributed by atoms with E-state index in [4.69, 9.17) is 4.74 Å². The van der Waals surface area contributed by atoms with E-state index in [0.717, 1.165) is 38.9 Å². The van der Waals surface area contributed by atoms with E-state index < -0.39 is 0 Å². The predicted molar refractivity (Wildman–Crippen MR) is 84.8 cm³/mol. The summed E-state index contributed by atoms with van der Waals surface area (Å²) in [4.78, 5) is 5.21. The first-order valence-electron chi connectivity index (χ1n) is 7.60. The molecular formula is C16H23BrN2O. The van der Waals surface area contributed by atoms with Crippen LogP contribution in [-0.2, 0) is 11.3 Å². The lowest BCUT2D eigenvalue weighted by Gasteiger charge is -2.40. The standard InChI is InChI=1S/C16H23BrN2O/c17-15-3-1-2-14(12-15)13-18-6-4-16(5-7-18)19-8-10-20-11-9-19/h1-3,12,16H,4-11,13H2. The first-order chi connectivity index (χ1) is 9.81. The van der Waals surface area contributed by atoms with Crippen molar-refractivity contribution >= 4 is 15.9 Å². The number of morpholine rings is 1. The third kappa shape index (κ3) is 3.82. The molecule has 2 saturated heterocycles. The Labute approximate surface area is 130 Å². The minimum absolute atomic E-state index is 0.776. The van der Waals surface area contributed by atoms with Gasteiger partial charge in [0.2, 0.25) is 0 Å². The number of hydrogen-bond donors (Lipinski definition) is 0. The highest BCUT2D eigenvalue weighted by Gasteiger charge is 2.25. The molecule has 3 rings (SSSR count). The molecule has 2 fully saturated rings. The molecule has 0 bridgehead atoms. The van der Waals surface area contributed by atoms with Gasteiger partial charge in [0.15, 0.2) is 0 Å². The van der Waals surface area contributed by atoms with Crippen molar-refractivity contribution in [1.82, 2.24) is 9.80 Å². The third-order valence-corrected chi connectivity index (χ3v) is 4.91. The molecule has 2 aliphatic rings. The van der Waals surface area contributed by atoms with Crippen molar-refractivity contribution in [3.63, 3.8) is 0 Å². The number of ether oxygens (including phenoxy) is 1. The lowest BCUT2D eigenvalue weighted by atomic mass is 10.0. The molecule has 0 radical (unpaired) electrons. The summed E-state index contributed by atoms with van der Waals surface area (Å²) in [5.74, 6) is 0. The number of nitrogens with zero attached hydrogens (tertiary/aromatic N) is 2. The number of benzene rings is 1. The van der Waals surface area contributed by atoms with Crippen molar-refractivity contribution in [3.05, 3.63) is 34.3 Å². The fraction of sp³-hybridized carbons (Fsp3) is 0.625. The van der Waals surface area contributed by atoms with Gasteiger partial charge in [-0.05, 0) is 43.6 Å². The quantitative estimate of drug-likeness (QED) is 0.842. The summed E-state index contributed by atoms with van der Waals surface area (Å²) in [7, 11) is 0. The van der Waals surface area contributed by atoms with Crippen molar-refractivity contribution in [2.24, 2.45) is 0 Å². The largest absolute Gasteiger partial charge is 0.379 e. The molecule has 0 aromatic heterocycles. The first-order valence-corrected chi connectivity index (χ1v) is 8.39. The monoisotopic (exact) mass is 338 g/mol. The molecule has 0 saturated carbocycles. The van der Waals surface area contributed by atoms with Crippen LogP contribution in [0.25, 0.3) is 0 Å². The smallest absolute Gasteiger partial charge is 0.0594 e. The van der Waals surface area contributed by atoms with E-state index in [1.54, 1.807) is 0 Å². The van der Waals surface area contributed by atoms with Crippen molar-refractivity contribution in [2.75, 3.05) is 39.4 Å². The second kappa shape index (κ2) is 7.03. The van der Waals surface area contributed by atoms with Gasteiger partial charge in [-0.25, -0.2) is 0 Å². The molecule has 110 valence electrons. The molecule has 0 aliphatic carbocycles. The normalized spacial score (nSPS) is 23.1. The molecule has 0 atom stereocenters. The Morgan fingerprint density at radius 2 is 1.85 bits per heavy atom. The SMILES string of the molecule is Brc1cccc(CN2CCC(N3CCOCC3)CC2)c1. The Balaban J connectivity index is 1.48. The van der Waals surface area contributed by atoms with Gasteiger partial charge in [-0.15, -0.1) is 0 Å². The fourth-order valence-corrected chi connectivity index (χ4v) is 3.73. The molecule has 4 heteroatoms. The van der Waals surface area contributed by atoms with Crippen molar-refractivity contribution in [1.29, 1.82) is 0 Å². The van der Waals surface area contributed by atoms with Gasteiger partial charge in [-0.1, -0.05) is 28.1 Å². The summed E-state index contributed by atoms with van der Waals surface area (Å²) >= 11 is 3.55. The topological polar surface area (TPSA) is 15.7 Å². The van der Waals surface area contributed by atoms with Crippen molar-refractivity contribution in [2.45, 2.75) is 25.4 Å². The molecule has 3 nitrogen and oxygen atoms in total. The average molecular weight is 339 g/mol. The van der Waals surface area contributed by atoms with Crippen molar-refractivity contribution < 1.29 is 4.74 Å². The first kappa shape index (κ1) is 14.5. The van der Waals surface area contributed by atoms with Crippen LogP contribution in [0.5, 0.6) is 0 Å². The lowest BCUT2D eigenvalue weighted by molar-refractivity contribution is 0.000230. The third-order valence-electron chi connectivity index (χ3n) is 4.41. The lowest BCUT2D eigenvalue weighted by Crippen LogP contribution is -2.48. The average Bonchev–Trinajstić information content (AvgIpc) is 2.49. The van der Waals surface area contributed by atoms with Crippen LogP contribution in [0.15, 0.2) is 28.7 Å². The van der Waals surface area contributed by atoms with Crippen LogP contribution < -0.4 is 0 Å². The van der Waals surface area contributed by atoms with Crippen LogP contribution >= 0.6 is 15.9 Å². The zero-order valence-electron chi connectivity index (χ0n) is 11.9. The Hall–Kier alpha value is -0.420. The Kier molecular flexibility index (Phi) is 5.10. The maximum atomic E-state index is 5.45. The molecule has 20 heavy (non-hydrogen) atoms. The molecule has 2 heterocycles. The Bertz CT molecular complexity index is 426. The van der Waals surface area contributed by atoms with E-state index in [1.165, 1.54) is 36.0 Å². The molecular weight excluding hydrogens is 316 g/mol. The minimum Gasteiger partial charge on any atom is -0.379 e. The highest BCUT2D eigenvalue weighted by molar-refractivity contribution is 9.10. The van der Waals surface area contributed by atoms with Gasteiger partial charge in [-0.3, -0.25) is 9.80 Å². The molecule has 0 unspecified atom stereocenters. The van der Waals surface area contributed by atoms with Gasteiger partial charge in [0, 0.05) is 30.1 Å². The summed E-state index contributed by atoms with van der Waals surface area (Å²) < 4.78 is 6.62. The van der Waals surface area contributed by atoms with Gasteiger partial charge >= 0.3 is 0 Å². The summed E-state index contributed by atoms with van der Waals surface area (Å²) in [5.41, 5.74) is 1.41. The molecule has 1 aromatic carbocycles. The van der Waals surface area contributed by atoms with Crippen LogP contribution in [0, 0.1) is 0 Å². The van der Waals surface area contributed by atoms with Crippen LogP contribution in [0.1, 0.15) is 18.4 Å². The molecule has 0 amide bonds. The van der Waals surface area contributed by atoms with Gasteiger partial charge in [-0.2, -0.15) is 0 Å². The second-order valence-corrected chi connectivity index (χ2v) is 6.70. The Morgan fingerprint density at radius 1 is 1.10 bits per heavy atom. The molecule has 0 spiro atoms. The second-order valence-electron chi connectivity index (χ2n) is 5.79. The maximum absolute atomic E-state index is 5.45. The van der Waals surface area contributed by atoms with E-state index in [9.17, 15) is 0 Å². The summed E-state index contributed by atoms with van der Waals surface area (Å²) in [6.45, 7) is 7.58. The van der Waals surface area contributed by atoms with E-state index in [1.807, 2.05) is 0 Å². The molecule has 2 aliphatic heterocycles. The number of halogens is 1. The molecule has 1 aromatic rings. The van der Waals surface area contributed by atoms with E-state index in [0.29, 0.717) is 0 Å². The minimum atomic E-state index is 0.776. The van der Waals surface area contributed by atoms with Gasteiger partial charge in [0.05, 0.1) is 13.2 Å². The van der Waals surface area contributed by atoms with Crippen LogP contribution in [0.4, 0.5) is 0 Å². The summed E-state index contributed by atoms with van der Waals surface area (Å²) in [6, 6.07) is 9.44. The summed E-state index contributed by atoms with van der Waals surface area (Å²) in [6.07, 6.45) is 2.60. The van der Waals surface area contributed by atoms with Gasteiger partial charge in [0.1, 0.15) is 0 Å². The number of piperidine rings is 1. The highest BCUT2D eigenvalue weighted by Crippen LogP contribution is 2.20. The number of hydrogen-bond acceptors (Lipinski definition) is 3. The van der Waals surface area contributed by atoms with E-state index in [2.05, 4.69) is 50.0 Å². The van der Waals surface area contributed by atoms with Crippen LogP contribution in [-0.4, -0.2) is 55.2 Å². The van der Waals surface area contributed by atoms with E-state index in [-0.39, 0.29) is 0 Å². The van der Waals surface area contributed by atoms with Crippen LogP contribution in [0.3, 0.4) is 0 Å². The number of rotatable bonds is 3. The van der Waals surface area contributed by atoms with Gasteiger partial charge in [0.25, 0.3) is 0 Å². The Morgan fingerprint density at radius 3 is 2.55 bits per heavy atom. The number of likely N-dealkylation sites (tertiary alicyclic amines) is 1.